The molecule has 0 aromatic carbocycles. The molecule has 80 valence electrons. The third-order valence-electron chi connectivity index (χ3n) is 1.25. The lowest BCUT2D eigenvalue weighted by atomic mass is 10.8. The largest absolute Gasteiger partial charge is 0.373 e. The van der Waals surface area contributed by atoms with Crippen LogP contribution in [0.15, 0.2) is 0 Å². The van der Waals surface area contributed by atoms with Crippen molar-refractivity contribution in [1.82, 2.24) is 5.09 Å². The predicted octanol–water partition coefficient (Wildman–Crippen LogP) is 2.77. The zero-order valence-corrected chi connectivity index (χ0v) is 9.99. The lowest BCUT2D eigenvalue weighted by molar-refractivity contribution is -0.151. The van der Waals surface area contributed by atoms with Gasteiger partial charge in [0, 0.05) is 6.16 Å². The Hall–Kier alpha value is 0.720. The highest BCUT2D eigenvalue weighted by Crippen LogP contribution is 2.47. The Morgan fingerprint density at radius 1 is 1.54 bits per heavy atom. The molecule has 0 radical (unpaired) electrons. The molecular formula is C6H13ClF2NOPS. The molecule has 1 unspecified atom stereocenters. The number of halogens is 3. The molecule has 1 N–H and O–H groups in total. The Kier molecular flexibility index (Phi) is 5.87. The number of hydrogen-bond acceptors (Lipinski definition) is 2. The summed E-state index contributed by atoms with van der Waals surface area (Å²) >= 11 is 9.98. The zero-order chi connectivity index (χ0) is 10.5. The van der Waals surface area contributed by atoms with Crippen molar-refractivity contribution in [3.63, 3.8) is 0 Å². The topological polar surface area (TPSA) is 21.3 Å². The van der Waals surface area contributed by atoms with Crippen LogP contribution in [-0.2, 0) is 16.3 Å². The SMILES string of the molecule is CCNP(=S)(CC)OC(F)(F)CCl. The van der Waals surface area contributed by atoms with E-state index in [0.29, 0.717) is 12.7 Å². The van der Waals surface area contributed by atoms with Crippen LogP contribution in [0.4, 0.5) is 8.78 Å². The highest BCUT2D eigenvalue weighted by atomic mass is 35.5. The van der Waals surface area contributed by atoms with Gasteiger partial charge < -0.3 is 0 Å². The number of nitrogens with one attached hydrogen (secondary N) is 1. The lowest BCUT2D eigenvalue weighted by Gasteiger charge is -2.25. The average Bonchev–Trinajstić information content (AvgIpc) is 2.04. The molecule has 0 saturated heterocycles. The van der Waals surface area contributed by atoms with Crippen molar-refractivity contribution < 1.29 is 13.3 Å². The summed E-state index contributed by atoms with van der Waals surface area (Å²) in [7, 11) is 0. The van der Waals surface area contributed by atoms with Crippen LogP contribution < -0.4 is 5.09 Å². The predicted molar refractivity (Wildman–Crippen MR) is 55.3 cm³/mol. The van der Waals surface area contributed by atoms with Crippen LogP contribution in [0.3, 0.4) is 0 Å². The molecular weight excluding hydrogens is 239 g/mol. The van der Waals surface area contributed by atoms with Crippen molar-refractivity contribution >= 4 is 29.8 Å². The molecule has 0 aliphatic heterocycles. The van der Waals surface area contributed by atoms with Crippen LogP contribution in [-0.4, -0.2) is 24.7 Å². The van der Waals surface area contributed by atoms with Gasteiger partial charge in [-0.05, 0) is 6.54 Å². The fraction of sp³-hybridized carbons (Fsp3) is 1.00. The first-order valence-corrected chi connectivity index (χ1v) is 7.32. The molecule has 0 saturated carbocycles. The molecule has 0 fully saturated rings. The molecule has 2 nitrogen and oxygen atoms in total. The van der Waals surface area contributed by atoms with Gasteiger partial charge in [0.2, 0.25) is 0 Å². The summed E-state index contributed by atoms with van der Waals surface area (Å²) in [4.78, 5) is 0. The standard InChI is InChI=1S/C6H13ClF2NOPS/c1-3-10-12(13,4-2)11-6(8,9)5-7/h3-5H2,1-2H3,(H,10,13). The normalized spacial score (nSPS) is 17.0. The van der Waals surface area contributed by atoms with Crippen molar-refractivity contribution in [2.45, 2.75) is 20.0 Å². The zero-order valence-electron chi connectivity index (χ0n) is 7.52. The summed E-state index contributed by atoms with van der Waals surface area (Å²) < 4.78 is 30.0. The highest BCUT2D eigenvalue weighted by Gasteiger charge is 2.35. The smallest absolute Gasteiger partial charge is 0.274 e. The van der Waals surface area contributed by atoms with E-state index in [9.17, 15) is 8.78 Å². The van der Waals surface area contributed by atoms with E-state index < -0.39 is 18.4 Å². The van der Waals surface area contributed by atoms with Crippen molar-refractivity contribution in [1.29, 1.82) is 0 Å². The van der Waals surface area contributed by atoms with Crippen LogP contribution >= 0.6 is 18.0 Å². The van der Waals surface area contributed by atoms with Gasteiger partial charge in [-0.25, -0.2) is 0 Å². The van der Waals surface area contributed by atoms with Crippen molar-refractivity contribution in [3.05, 3.63) is 0 Å². The van der Waals surface area contributed by atoms with E-state index in [0.717, 1.165) is 0 Å². The Balaban J connectivity index is 4.35. The number of alkyl halides is 3. The summed E-state index contributed by atoms with van der Waals surface area (Å²) in [5.41, 5.74) is 0. The van der Waals surface area contributed by atoms with E-state index in [1.54, 1.807) is 13.8 Å². The molecule has 0 amide bonds. The minimum atomic E-state index is -3.32. The molecule has 0 aliphatic carbocycles. The third-order valence-corrected chi connectivity index (χ3v) is 5.14. The molecule has 0 aliphatic rings. The molecule has 0 spiro atoms. The second-order valence-electron chi connectivity index (χ2n) is 2.36. The Bertz CT molecular complexity index is 205. The van der Waals surface area contributed by atoms with Gasteiger partial charge in [-0.15, -0.1) is 11.6 Å². The fourth-order valence-corrected chi connectivity index (χ4v) is 2.93. The Morgan fingerprint density at radius 2 is 2.08 bits per heavy atom. The van der Waals surface area contributed by atoms with Gasteiger partial charge in [0.15, 0.2) is 0 Å². The van der Waals surface area contributed by atoms with Crippen molar-refractivity contribution in [3.8, 4) is 0 Å². The average molecular weight is 252 g/mol. The second kappa shape index (κ2) is 5.56. The quantitative estimate of drug-likeness (QED) is 0.579. The maximum absolute atomic E-state index is 12.7. The molecule has 0 rings (SSSR count). The van der Waals surface area contributed by atoms with E-state index in [2.05, 4.69) is 9.61 Å². The van der Waals surface area contributed by atoms with Crippen LogP contribution in [0.2, 0.25) is 0 Å². The van der Waals surface area contributed by atoms with Gasteiger partial charge in [-0.2, -0.15) is 8.78 Å². The van der Waals surface area contributed by atoms with E-state index in [1.807, 2.05) is 0 Å². The van der Waals surface area contributed by atoms with E-state index >= 15 is 0 Å². The van der Waals surface area contributed by atoms with Gasteiger partial charge >= 0.3 is 6.11 Å². The summed E-state index contributed by atoms with van der Waals surface area (Å²) in [5.74, 6) is -0.864. The van der Waals surface area contributed by atoms with Crippen molar-refractivity contribution in [2.24, 2.45) is 0 Å². The van der Waals surface area contributed by atoms with Crippen LogP contribution in [0, 0.1) is 0 Å². The van der Waals surface area contributed by atoms with Gasteiger partial charge in [0.05, 0.1) is 0 Å². The first-order chi connectivity index (χ1) is 5.89. The number of rotatable bonds is 6. The molecule has 0 aromatic heterocycles. The van der Waals surface area contributed by atoms with Crippen LogP contribution in [0.1, 0.15) is 13.8 Å². The third kappa shape index (κ3) is 5.23. The van der Waals surface area contributed by atoms with E-state index in [1.165, 1.54) is 0 Å². The molecule has 0 heterocycles. The first-order valence-electron chi connectivity index (χ1n) is 3.88. The summed E-state index contributed by atoms with van der Waals surface area (Å²) in [5, 5.41) is 2.76. The van der Waals surface area contributed by atoms with Crippen LogP contribution in [0.25, 0.3) is 0 Å². The second-order valence-corrected chi connectivity index (χ2v) is 6.88. The van der Waals surface area contributed by atoms with Gasteiger partial charge in [0.25, 0.3) is 0 Å². The Morgan fingerprint density at radius 3 is 2.38 bits per heavy atom. The summed E-state index contributed by atoms with van der Waals surface area (Å²) in [6.07, 6.45) is -5.54. The molecule has 7 heteroatoms. The van der Waals surface area contributed by atoms with Crippen molar-refractivity contribution in [2.75, 3.05) is 18.6 Å². The first kappa shape index (κ1) is 13.7. The molecule has 13 heavy (non-hydrogen) atoms. The summed E-state index contributed by atoms with van der Waals surface area (Å²) in [6.45, 7) is 4.02. The highest BCUT2D eigenvalue weighted by molar-refractivity contribution is 8.11. The maximum atomic E-state index is 12.7. The lowest BCUT2D eigenvalue weighted by Crippen LogP contribution is -2.26. The summed E-state index contributed by atoms with van der Waals surface area (Å²) in [6, 6.07) is 0. The van der Waals surface area contributed by atoms with Crippen LogP contribution in [0.5, 0.6) is 0 Å². The van der Waals surface area contributed by atoms with Gasteiger partial charge in [-0.1, -0.05) is 25.7 Å². The minimum absolute atomic E-state index is 0.378. The molecule has 0 aromatic rings. The minimum Gasteiger partial charge on any atom is -0.274 e. The molecule has 1 atom stereocenters. The van der Waals surface area contributed by atoms with E-state index in [-0.39, 0.29) is 0 Å². The monoisotopic (exact) mass is 251 g/mol. The molecule has 0 bridgehead atoms. The fourth-order valence-electron chi connectivity index (χ4n) is 0.690. The van der Waals surface area contributed by atoms with Gasteiger partial charge in [0.1, 0.15) is 12.3 Å². The maximum Gasteiger partial charge on any atom is 0.373 e. The number of hydrogen-bond donors (Lipinski definition) is 1. The van der Waals surface area contributed by atoms with Gasteiger partial charge in [-0.3, -0.25) is 9.61 Å². The Labute approximate surface area is 87.1 Å². The van der Waals surface area contributed by atoms with E-state index in [4.69, 9.17) is 23.4 Å².